The second kappa shape index (κ2) is 5.95. The smallest absolute Gasteiger partial charge is 0.137 e. The van der Waals surface area contributed by atoms with E-state index < -0.39 is 0 Å². The number of halogens is 1. The molecule has 1 aliphatic heterocycles. The van der Waals surface area contributed by atoms with Crippen molar-refractivity contribution in [1.82, 2.24) is 15.1 Å². The SMILES string of the molecule is Cn1cc(COc2cccc(F)c2C2=NCCCN2)cn1. The summed E-state index contributed by atoms with van der Waals surface area (Å²) in [6.45, 7) is 1.85. The van der Waals surface area contributed by atoms with Gasteiger partial charge in [-0.15, -0.1) is 0 Å². The minimum Gasteiger partial charge on any atom is -0.488 e. The predicted octanol–water partition coefficient (Wildman–Crippen LogP) is 1.88. The minimum atomic E-state index is -0.327. The van der Waals surface area contributed by atoms with Crippen LogP contribution in [0.3, 0.4) is 0 Å². The van der Waals surface area contributed by atoms with Crippen LogP contribution in [-0.4, -0.2) is 28.7 Å². The number of aryl methyl sites for hydroxylation is 1. The molecular formula is C15H17FN4O. The van der Waals surface area contributed by atoms with Gasteiger partial charge < -0.3 is 10.1 Å². The molecule has 0 aliphatic carbocycles. The molecule has 1 aliphatic rings. The zero-order chi connectivity index (χ0) is 14.7. The standard InChI is InChI=1S/C15H17FN4O/c1-20-9-11(8-19-20)10-21-13-5-2-4-12(16)14(13)15-17-6-3-7-18-15/h2,4-5,8-9H,3,6-7,10H2,1H3,(H,17,18). The van der Waals surface area contributed by atoms with Crippen molar-refractivity contribution < 1.29 is 9.13 Å². The molecule has 2 heterocycles. The van der Waals surface area contributed by atoms with Gasteiger partial charge in [-0.25, -0.2) is 4.39 Å². The van der Waals surface area contributed by atoms with E-state index in [1.807, 2.05) is 13.2 Å². The highest BCUT2D eigenvalue weighted by atomic mass is 19.1. The van der Waals surface area contributed by atoms with Gasteiger partial charge in [0, 0.05) is 31.9 Å². The lowest BCUT2D eigenvalue weighted by atomic mass is 10.1. The number of hydrogen-bond acceptors (Lipinski definition) is 4. The minimum absolute atomic E-state index is 0.327. The first-order valence-corrected chi connectivity index (χ1v) is 6.91. The lowest BCUT2D eigenvalue weighted by molar-refractivity contribution is 0.303. The summed E-state index contributed by atoms with van der Waals surface area (Å²) in [5, 5.41) is 7.22. The Balaban J connectivity index is 1.84. The maximum Gasteiger partial charge on any atom is 0.137 e. The monoisotopic (exact) mass is 288 g/mol. The summed E-state index contributed by atoms with van der Waals surface area (Å²) in [6, 6.07) is 4.82. The predicted molar refractivity (Wildman–Crippen MR) is 78.0 cm³/mol. The normalized spacial score (nSPS) is 14.5. The highest BCUT2D eigenvalue weighted by Gasteiger charge is 2.17. The van der Waals surface area contributed by atoms with Gasteiger partial charge in [0.2, 0.25) is 0 Å². The van der Waals surface area contributed by atoms with E-state index in [1.165, 1.54) is 6.07 Å². The molecule has 1 N–H and O–H groups in total. The summed E-state index contributed by atoms with van der Waals surface area (Å²) in [6.07, 6.45) is 4.56. The zero-order valence-corrected chi connectivity index (χ0v) is 11.8. The molecule has 2 aromatic rings. The van der Waals surface area contributed by atoms with Crippen molar-refractivity contribution in [3.63, 3.8) is 0 Å². The van der Waals surface area contributed by atoms with E-state index >= 15 is 0 Å². The van der Waals surface area contributed by atoms with E-state index in [0.717, 1.165) is 18.5 Å². The van der Waals surface area contributed by atoms with Crippen LogP contribution in [0, 0.1) is 5.82 Å². The number of benzene rings is 1. The maximum atomic E-state index is 14.1. The van der Waals surface area contributed by atoms with Gasteiger partial charge in [0.15, 0.2) is 0 Å². The van der Waals surface area contributed by atoms with Crippen LogP contribution in [0.4, 0.5) is 4.39 Å². The molecule has 5 nitrogen and oxygen atoms in total. The number of aromatic nitrogens is 2. The first-order valence-electron chi connectivity index (χ1n) is 6.91. The molecule has 110 valence electrons. The quantitative estimate of drug-likeness (QED) is 0.934. The van der Waals surface area contributed by atoms with Gasteiger partial charge in [0.25, 0.3) is 0 Å². The molecule has 0 amide bonds. The molecule has 3 rings (SSSR count). The van der Waals surface area contributed by atoms with Crippen LogP contribution in [0.1, 0.15) is 17.5 Å². The molecule has 21 heavy (non-hydrogen) atoms. The Kier molecular flexibility index (Phi) is 3.85. The highest BCUT2D eigenvalue weighted by molar-refractivity contribution is 6.01. The average Bonchev–Trinajstić information content (AvgIpc) is 2.92. The van der Waals surface area contributed by atoms with Crippen molar-refractivity contribution in [1.29, 1.82) is 0 Å². The van der Waals surface area contributed by atoms with Gasteiger partial charge in [-0.05, 0) is 18.6 Å². The molecule has 6 heteroatoms. The molecule has 0 saturated heterocycles. The van der Waals surface area contributed by atoms with Crippen molar-refractivity contribution in [3.05, 3.63) is 47.5 Å². The molecule has 1 aromatic carbocycles. The van der Waals surface area contributed by atoms with Gasteiger partial charge in [-0.3, -0.25) is 9.67 Å². The Morgan fingerprint density at radius 2 is 2.33 bits per heavy atom. The summed E-state index contributed by atoms with van der Waals surface area (Å²) in [4.78, 5) is 4.35. The third-order valence-corrected chi connectivity index (χ3v) is 3.26. The van der Waals surface area contributed by atoms with Crippen LogP contribution in [0.5, 0.6) is 5.75 Å². The average molecular weight is 288 g/mol. The van der Waals surface area contributed by atoms with Crippen LogP contribution >= 0.6 is 0 Å². The van der Waals surface area contributed by atoms with E-state index in [0.29, 0.717) is 30.3 Å². The van der Waals surface area contributed by atoms with Crippen molar-refractivity contribution in [2.75, 3.05) is 13.1 Å². The number of nitrogens with one attached hydrogen (secondary N) is 1. The van der Waals surface area contributed by atoms with Crippen LogP contribution in [-0.2, 0) is 13.7 Å². The van der Waals surface area contributed by atoms with E-state index in [2.05, 4.69) is 15.4 Å². The van der Waals surface area contributed by atoms with E-state index in [-0.39, 0.29) is 5.82 Å². The van der Waals surface area contributed by atoms with Crippen LogP contribution in [0.2, 0.25) is 0 Å². The molecule has 0 radical (unpaired) electrons. The lowest BCUT2D eigenvalue weighted by Crippen LogP contribution is -2.31. The number of amidine groups is 1. The van der Waals surface area contributed by atoms with Crippen LogP contribution in [0.15, 0.2) is 35.6 Å². The maximum absolute atomic E-state index is 14.1. The van der Waals surface area contributed by atoms with Gasteiger partial charge in [0.05, 0.1) is 11.8 Å². The number of nitrogens with zero attached hydrogens (tertiary/aromatic N) is 3. The molecule has 0 saturated carbocycles. The first kappa shape index (κ1) is 13.6. The Bertz CT molecular complexity index is 665. The van der Waals surface area contributed by atoms with Gasteiger partial charge in [-0.1, -0.05) is 6.07 Å². The Labute approximate surface area is 122 Å². The highest BCUT2D eigenvalue weighted by Crippen LogP contribution is 2.23. The van der Waals surface area contributed by atoms with E-state index in [1.54, 1.807) is 23.0 Å². The van der Waals surface area contributed by atoms with Gasteiger partial charge in [-0.2, -0.15) is 5.10 Å². The molecule has 0 atom stereocenters. The topological polar surface area (TPSA) is 51.4 Å². The van der Waals surface area contributed by atoms with Crippen LogP contribution < -0.4 is 10.1 Å². The first-order chi connectivity index (χ1) is 10.2. The van der Waals surface area contributed by atoms with Crippen LogP contribution in [0.25, 0.3) is 0 Å². The molecule has 0 unspecified atom stereocenters. The Hall–Kier alpha value is -2.37. The third kappa shape index (κ3) is 3.04. The van der Waals surface area contributed by atoms with Crippen molar-refractivity contribution in [2.24, 2.45) is 12.0 Å². The largest absolute Gasteiger partial charge is 0.488 e. The Morgan fingerprint density at radius 1 is 1.43 bits per heavy atom. The molecule has 0 spiro atoms. The van der Waals surface area contributed by atoms with Crippen molar-refractivity contribution >= 4 is 5.84 Å². The molecule has 0 fully saturated rings. The second-order valence-electron chi connectivity index (χ2n) is 4.93. The fourth-order valence-corrected chi connectivity index (χ4v) is 2.26. The third-order valence-electron chi connectivity index (χ3n) is 3.26. The molecular weight excluding hydrogens is 271 g/mol. The summed E-state index contributed by atoms with van der Waals surface area (Å²) in [5.41, 5.74) is 1.34. The van der Waals surface area contributed by atoms with Crippen molar-refractivity contribution in [3.8, 4) is 5.75 Å². The molecule has 1 aromatic heterocycles. The summed E-state index contributed by atoms with van der Waals surface area (Å²) >= 11 is 0. The van der Waals surface area contributed by atoms with E-state index in [9.17, 15) is 4.39 Å². The van der Waals surface area contributed by atoms with Crippen molar-refractivity contribution in [2.45, 2.75) is 13.0 Å². The number of rotatable bonds is 4. The second-order valence-corrected chi connectivity index (χ2v) is 4.93. The number of aliphatic imine (C=N–C) groups is 1. The number of hydrogen-bond donors (Lipinski definition) is 1. The lowest BCUT2D eigenvalue weighted by Gasteiger charge is -2.18. The fourth-order valence-electron chi connectivity index (χ4n) is 2.26. The van der Waals surface area contributed by atoms with Gasteiger partial charge >= 0.3 is 0 Å². The summed E-state index contributed by atoms with van der Waals surface area (Å²) < 4.78 is 21.6. The zero-order valence-electron chi connectivity index (χ0n) is 11.8. The molecule has 0 bridgehead atoms. The number of ether oxygens (including phenoxy) is 1. The Morgan fingerprint density at radius 3 is 3.05 bits per heavy atom. The van der Waals surface area contributed by atoms with E-state index in [4.69, 9.17) is 4.74 Å². The summed E-state index contributed by atoms with van der Waals surface area (Å²) in [7, 11) is 1.85. The summed E-state index contributed by atoms with van der Waals surface area (Å²) in [5.74, 6) is 0.736. The van der Waals surface area contributed by atoms with Gasteiger partial charge in [0.1, 0.15) is 24.0 Å². The fraction of sp³-hybridized carbons (Fsp3) is 0.333.